The van der Waals surface area contributed by atoms with E-state index in [9.17, 15) is 14.4 Å². The van der Waals surface area contributed by atoms with Crippen LogP contribution in [0.4, 0.5) is 10.5 Å². The molecule has 3 rings (SSSR count). The molecule has 4 N–H and O–H groups in total. The molecule has 1 aliphatic rings. The lowest BCUT2D eigenvalue weighted by atomic mass is 10.0. The molecule has 1 aliphatic heterocycles. The van der Waals surface area contributed by atoms with Crippen LogP contribution in [0.5, 0.6) is 0 Å². The van der Waals surface area contributed by atoms with Crippen LogP contribution in [0.25, 0.3) is 0 Å². The van der Waals surface area contributed by atoms with Gasteiger partial charge in [-0.3, -0.25) is 14.6 Å². The van der Waals surface area contributed by atoms with Gasteiger partial charge in [0.05, 0.1) is 0 Å². The van der Waals surface area contributed by atoms with Gasteiger partial charge in [-0.15, -0.1) is 0 Å². The van der Waals surface area contributed by atoms with Crippen molar-refractivity contribution in [3.63, 3.8) is 0 Å². The number of hydrogen-bond donors (Lipinski definition) is 3. The van der Waals surface area contributed by atoms with Gasteiger partial charge in [0.25, 0.3) is 5.91 Å². The van der Waals surface area contributed by atoms with Gasteiger partial charge in [-0.1, -0.05) is 0 Å². The van der Waals surface area contributed by atoms with Crippen LogP contribution in [-0.2, 0) is 0 Å². The smallest absolute Gasteiger partial charge is 0.319 e. The first kappa shape index (κ1) is 18.4. The molecular formula is C19H21N5O3. The van der Waals surface area contributed by atoms with Crippen molar-refractivity contribution >= 4 is 23.5 Å². The number of piperidine rings is 1. The van der Waals surface area contributed by atoms with E-state index in [-0.39, 0.29) is 18.0 Å². The molecule has 0 atom stereocenters. The summed E-state index contributed by atoms with van der Waals surface area (Å²) in [6.45, 7) is 1.17. The quantitative estimate of drug-likeness (QED) is 0.761. The summed E-state index contributed by atoms with van der Waals surface area (Å²) in [6.07, 6.45) is 4.57. The van der Waals surface area contributed by atoms with Crippen LogP contribution in [0.1, 0.15) is 33.6 Å². The minimum atomic E-state index is -0.515. The van der Waals surface area contributed by atoms with E-state index < -0.39 is 5.91 Å². The van der Waals surface area contributed by atoms with E-state index in [1.165, 1.54) is 0 Å². The van der Waals surface area contributed by atoms with Crippen molar-refractivity contribution in [1.29, 1.82) is 0 Å². The summed E-state index contributed by atoms with van der Waals surface area (Å²) in [5, 5.41) is 5.64. The highest BCUT2D eigenvalue weighted by atomic mass is 16.2. The third-order valence-electron chi connectivity index (χ3n) is 4.47. The van der Waals surface area contributed by atoms with E-state index in [0.29, 0.717) is 42.7 Å². The van der Waals surface area contributed by atoms with E-state index in [1.54, 1.807) is 53.7 Å². The number of nitrogens with two attached hydrogens (primary N) is 1. The van der Waals surface area contributed by atoms with E-state index in [4.69, 9.17) is 5.73 Å². The van der Waals surface area contributed by atoms with Gasteiger partial charge in [-0.2, -0.15) is 0 Å². The summed E-state index contributed by atoms with van der Waals surface area (Å²) in [5.41, 5.74) is 6.76. The second-order valence-electron chi connectivity index (χ2n) is 6.34. The molecule has 27 heavy (non-hydrogen) atoms. The molecule has 8 nitrogen and oxygen atoms in total. The second kappa shape index (κ2) is 8.31. The number of primary amides is 1. The van der Waals surface area contributed by atoms with Gasteiger partial charge in [0, 0.05) is 48.3 Å². The number of nitrogens with one attached hydrogen (secondary N) is 2. The highest BCUT2D eigenvalue weighted by molar-refractivity contribution is 5.95. The summed E-state index contributed by atoms with van der Waals surface area (Å²) >= 11 is 0. The fraction of sp³-hybridized carbons (Fsp3) is 0.263. The number of carbonyl (C=O) groups is 3. The summed E-state index contributed by atoms with van der Waals surface area (Å²) in [5.74, 6) is -0.533. The maximum atomic E-state index is 12.4. The van der Waals surface area contributed by atoms with Crippen LogP contribution in [0.3, 0.4) is 0 Å². The van der Waals surface area contributed by atoms with Gasteiger partial charge in [0.15, 0.2) is 0 Å². The van der Waals surface area contributed by atoms with Crippen molar-refractivity contribution in [2.24, 2.45) is 5.73 Å². The number of hydrogen-bond acceptors (Lipinski definition) is 4. The van der Waals surface area contributed by atoms with E-state index in [1.807, 2.05) is 0 Å². The molecule has 0 radical (unpaired) electrons. The van der Waals surface area contributed by atoms with Gasteiger partial charge < -0.3 is 21.3 Å². The van der Waals surface area contributed by atoms with Crippen LogP contribution in [0.2, 0.25) is 0 Å². The molecule has 0 spiro atoms. The number of aromatic nitrogens is 1. The number of amides is 4. The van der Waals surface area contributed by atoms with E-state index >= 15 is 0 Å². The minimum absolute atomic E-state index is 0.00335. The van der Waals surface area contributed by atoms with Crippen LogP contribution >= 0.6 is 0 Å². The SMILES string of the molecule is NC(=O)c1ccc(NC(=O)NC2CCN(C(=O)c3ccncc3)CC2)cc1. The van der Waals surface area contributed by atoms with Crippen molar-refractivity contribution < 1.29 is 14.4 Å². The molecular weight excluding hydrogens is 346 g/mol. The van der Waals surface area contributed by atoms with Gasteiger partial charge in [-0.05, 0) is 49.2 Å². The largest absolute Gasteiger partial charge is 0.366 e. The normalized spacial score (nSPS) is 14.4. The van der Waals surface area contributed by atoms with Crippen molar-refractivity contribution in [2.45, 2.75) is 18.9 Å². The number of nitrogens with zero attached hydrogens (tertiary/aromatic N) is 2. The highest BCUT2D eigenvalue weighted by Gasteiger charge is 2.24. The number of pyridine rings is 1. The molecule has 2 heterocycles. The number of carbonyl (C=O) groups excluding carboxylic acids is 3. The topological polar surface area (TPSA) is 117 Å². The van der Waals surface area contributed by atoms with Crippen molar-refractivity contribution in [3.8, 4) is 0 Å². The number of benzene rings is 1. The number of rotatable bonds is 4. The van der Waals surface area contributed by atoms with Crippen molar-refractivity contribution in [1.82, 2.24) is 15.2 Å². The van der Waals surface area contributed by atoms with Crippen molar-refractivity contribution in [2.75, 3.05) is 18.4 Å². The molecule has 8 heteroatoms. The van der Waals surface area contributed by atoms with Gasteiger partial charge in [0.1, 0.15) is 0 Å². The van der Waals surface area contributed by atoms with E-state index in [0.717, 1.165) is 0 Å². The number of urea groups is 1. The molecule has 0 bridgehead atoms. The fourth-order valence-electron chi connectivity index (χ4n) is 2.97. The predicted molar refractivity (Wildman–Crippen MR) is 100 cm³/mol. The first-order chi connectivity index (χ1) is 13.0. The number of anilines is 1. The Labute approximate surface area is 156 Å². The third-order valence-corrected chi connectivity index (χ3v) is 4.47. The zero-order valence-corrected chi connectivity index (χ0v) is 14.7. The Balaban J connectivity index is 1.46. The average molecular weight is 367 g/mol. The van der Waals surface area contributed by atoms with Crippen LogP contribution in [-0.4, -0.2) is 46.9 Å². The Morgan fingerprint density at radius 1 is 0.963 bits per heavy atom. The maximum absolute atomic E-state index is 12.4. The van der Waals surface area contributed by atoms with Gasteiger partial charge in [0.2, 0.25) is 5.91 Å². The molecule has 2 aromatic rings. The zero-order valence-electron chi connectivity index (χ0n) is 14.7. The van der Waals surface area contributed by atoms with Crippen molar-refractivity contribution in [3.05, 3.63) is 59.9 Å². The molecule has 0 aliphatic carbocycles. The Bertz CT molecular complexity index is 815. The number of likely N-dealkylation sites (tertiary alicyclic amines) is 1. The van der Waals surface area contributed by atoms with Gasteiger partial charge in [-0.25, -0.2) is 4.79 Å². The minimum Gasteiger partial charge on any atom is -0.366 e. The third kappa shape index (κ3) is 4.81. The highest BCUT2D eigenvalue weighted by Crippen LogP contribution is 2.14. The van der Waals surface area contributed by atoms with E-state index in [2.05, 4.69) is 15.6 Å². The monoisotopic (exact) mass is 367 g/mol. The summed E-state index contributed by atoms with van der Waals surface area (Å²) in [4.78, 5) is 41.3. The van der Waals surface area contributed by atoms with Crippen LogP contribution in [0.15, 0.2) is 48.8 Å². The molecule has 1 aromatic carbocycles. The van der Waals surface area contributed by atoms with Gasteiger partial charge >= 0.3 is 6.03 Å². The van der Waals surface area contributed by atoms with Crippen LogP contribution in [0, 0.1) is 0 Å². The Hall–Kier alpha value is -3.42. The second-order valence-corrected chi connectivity index (χ2v) is 6.34. The summed E-state index contributed by atoms with van der Waals surface area (Å²) < 4.78 is 0. The summed E-state index contributed by atoms with van der Waals surface area (Å²) in [6, 6.07) is 9.43. The molecule has 1 aromatic heterocycles. The lowest BCUT2D eigenvalue weighted by Gasteiger charge is -2.32. The van der Waals surface area contributed by atoms with Crippen LogP contribution < -0.4 is 16.4 Å². The standard InChI is InChI=1S/C19H21N5O3/c20-17(25)13-1-3-15(4-2-13)22-19(27)23-16-7-11-24(12-8-16)18(26)14-5-9-21-10-6-14/h1-6,9-10,16H,7-8,11-12H2,(H2,20,25)(H2,22,23,27). The molecule has 0 unspecified atom stereocenters. The molecule has 1 saturated heterocycles. The molecule has 140 valence electrons. The first-order valence-corrected chi connectivity index (χ1v) is 8.69. The fourth-order valence-corrected chi connectivity index (χ4v) is 2.97. The Morgan fingerprint density at radius 3 is 2.19 bits per heavy atom. The lowest BCUT2D eigenvalue weighted by molar-refractivity contribution is 0.0708. The maximum Gasteiger partial charge on any atom is 0.319 e. The first-order valence-electron chi connectivity index (χ1n) is 8.69. The predicted octanol–water partition coefficient (Wildman–Crippen LogP) is 1.61. The Kier molecular flexibility index (Phi) is 5.65. The zero-order chi connectivity index (χ0) is 19.2. The molecule has 1 fully saturated rings. The lowest BCUT2D eigenvalue weighted by Crippen LogP contribution is -2.47. The summed E-state index contributed by atoms with van der Waals surface area (Å²) in [7, 11) is 0. The Morgan fingerprint density at radius 2 is 1.59 bits per heavy atom. The molecule has 4 amide bonds. The molecule has 0 saturated carbocycles. The average Bonchev–Trinajstić information content (AvgIpc) is 2.69.